The van der Waals surface area contributed by atoms with Crippen LogP contribution < -0.4 is 0 Å². The maximum Gasteiger partial charge on any atom is 0.141 e. The van der Waals surface area contributed by atoms with E-state index in [1.807, 2.05) is 13.0 Å². The normalized spacial score (nSPS) is 21.5. The largest absolute Gasteiger partial charge is 0.380 e. The quantitative estimate of drug-likeness (QED) is 0.235. The minimum absolute atomic E-state index is 0.371. The van der Waals surface area contributed by atoms with Gasteiger partial charge in [-0.2, -0.15) is 0 Å². The van der Waals surface area contributed by atoms with Crippen molar-refractivity contribution in [2.75, 3.05) is 0 Å². The van der Waals surface area contributed by atoms with E-state index in [-0.39, 0.29) is 0 Å². The Labute approximate surface area is 249 Å². The van der Waals surface area contributed by atoms with Crippen molar-refractivity contribution in [3.63, 3.8) is 0 Å². The minimum atomic E-state index is -1.47. The standard InChI is InChI=1S/C36H46N4O2/c1-8-20-21(9-2)29-18-30-24(12-5)25(13-6)33(39-30)26-15-16-36(42)34(26)40-32(35(36,41)14-7)19-31-23(11-4)22(10-3)28(38-31)17-27(20)37-29/h17-19,37-38,41-42H,8-16H2,1-7H3/t35-,36+/m1/s1. The minimum Gasteiger partial charge on any atom is -0.380 e. The molecule has 3 aromatic heterocycles. The highest BCUT2D eigenvalue weighted by Gasteiger charge is 2.59. The number of nitrogens with zero attached hydrogens (tertiary/aromatic N) is 2. The lowest BCUT2D eigenvalue weighted by Gasteiger charge is -2.35. The van der Waals surface area contributed by atoms with Crippen molar-refractivity contribution in [1.82, 2.24) is 19.9 Å². The molecule has 4 N–H and O–H groups in total. The van der Waals surface area contributed by atoms with Gasteiger partial charge >= 0.3 is 0 Å². The maximum absolute atomic E-state index is 12.2. The van der Waals surface area contributed by atoms with Gasteiger partial charge in [-0.1, -0.05) is 48.5 Å². The Balaban J connectivity index is 1.87. The summed E-state index contributed by atoms with van der Waals surface area (Å²) in [5.41, 5.74) is 13.2. The highest BCUT2D eigenvalue weighted by Crippen LogP contribution is 2.54. The lowest BCUT2D eigenvalue weighted by molar-refractivity contribution is -0.159. The smallest absolute Gasteiger partial charge is 0.141 e. The van der Waals surface area contributed by atoms with Crippen LogP contribution in [0.3, 0.4) is 0 Å². The Kier molecular flexibility index (Phi) is 7.22. The van der Waals surface area contributed by atoms with Gasteiger partial charge in [0.05, 0.1) is 22.8 Å². The number of hydrogen-bond acceptors (Lipinski definition) is 4. The number of nitrogens with one attached hydrogen (secondary N) is 2. The summed E-state index contributed by atoms with van der Waals surface area (Å²) >= 11 is 0. The Morgan fingerprint density at radius 3 is 1.69 bits per heavy atom. The molecule has 1 aliphatic carbocycles. The van der Waals surface area contributed by atoms with Crippen molar-refractivity contribution < 1.29 is 10.2 Å². The molecule has 0 fully saturated rings. The molecular formula is C36H46N4O2. The highest BCUT2D eigenvalue weighted by molar-refractivity contribution is 5.94. The van der Waals surface area contributed by atoms with Crippen LogP contribution in [0.2, 0.25) is 0 Å². The summed E-state index contributed by atoms with van der Waals surface area (Å²) in [6.07, 6.45) is 6.81. The van der Waals surface area contributed by atoms with Gasteiger partial charge in [0.2, 0.25) is 0 Å². The van der Waals surface area contributed by atoms with Gasteiger partial charge in [0.15, 0.2) is 0 Å². The van der Waals surface area contributed by atoms with E-state index in [4.69, 9.17) is 9.97 Å². The van der Waals surface area contributed by atoms with Crippen LogP contribution in [0.5, 0.6) is 0 Å². The molecule has 0 saturated heterocycles. The lowest BCUT2D eigenvalue weighted by atomic mass is 9.79. The molecule has 222 valence electrons. The first kappa shape index (κ1) is 28.9. The molecule has 2 atom stereocenters. The second-order valence-electron chi connectivity index (χ2n) is 12.1. The molecule has 2 aliphatic heterocycles. The van der Waals surface area contributed by atoms with Gasteiger partial charge in [0, 0.05) is 27.6 Å². The van der Waals surface area contributed by atoms with Crippen molar-refractivity contribution in [2.45, 2.75) is 117 Å². The summed E-state index contributed by atoms with van der Waals surface area (Å²) in [5, 5.41) is 24.4. The molecule has 6 rings (SSSR count). The van der Waals surface area contributed by atoms with Crippen molar-refractivity contribution >= 4 is 33.2 Å². The molecule has 0 spiro atoms. The zero-order valence-electron chi connectivity index (χ0n) is 26.4. The van der Waals surface area contributed by atoms with E-state index in [1.165, 1.54) is 33.4 Å². The van der Waals surface area contributed by atoms with Crippen LogP contribution in [0.4, 0.5) is 0 Å². The van der Waals surface area contributed by atoms with E-state index in [9.17, 15) is 10.2 Å². The topological polar surface area (TPSA) is 97.8 Å². The average Bonchev–Trinajstić information content (AvgIpc) is 3.75. The average molecular weight is 567 g/mol. The summed E-state index contributed by atoms with van der Waals surface area (Å²) in [5.74, 6) is 0. The molecule has 6 heteroatoms. The van der Waals surface area contributed by atoms with Crippen LogP contribution in [0.1, 0.15) is 125 Å². The number of hydrogen-bond donors (Lipinski definition) is 4. The monoisotopic (exact) mass is 566 g/mol. The molecule has 42 heavy (non-hydrogen) atoms. The Hall–Kier alpha value is -3.22. The van der Waals surface area contributed by atoms with Crippen LogP contribution in [0.15, 0.2) is 18.2 Å². The second-order valence-corrected chi connectivity index (χ2v) is 12.1. The van der Waals surface area contributed by atoms with Crippen molar-refractivity contribution in [2.24, 2.45) is 0 Å². The number of aromatic amines is 2. The summed E-state index contributed by atoms with van der Waals surface area (Å²) in [7, 11) is 0. The lowest BCUT2D eigenvalue weighted by Crippen LogP contribution is -2.44. The van der Waals surface area contributed by atoms with Crippen LogP contribution in [-0.2, 0) is 43.3 Å². The third kappa shape index (κ3) is 3.84. The molecule has 0 radical (unpaired) electrons. The number of allylic oxidation sites excluding steroid dienone is 2. The van der Waals surface area contributed by atoms with Gasteiger partial charge < -0.3 is 20.2 Å². The van der Waals surface area contributed by atoms with Crippen LogP contribution in [0.25, 0.3) is 33.2 Å². The molecule has 6 nitrogen and oxygen atoms in total. The van der Waals surface area contributed by atoms with Crippen molar-refractivity contribution in [3.05, 3.63) is 68.8 Å². The van der Waals surface area contributed by atoms with E-state index >= 15 is 0 Å². The van der Waals surface area contributed by atoms with E-state index in [0.717, 1.165) is 77.5 Å². The summed E-state index contributed by atoms with van der Waals surface area (Å²) in [6, 6.07) is 6.51. The van der Waals surface area contributed by atoms with E-state index in [0.29, 0.717) is 30.7 Å². The van der Waals surface area contributed by atoms with E-state index in [2.05, 4.69) is 63.6 Å². The number of fused-ring (bicyclic) bond motifs is 8. The van der Waals surface area contributed by atoms with Gasteiger partial charge in [0.1, 0.15) is 11.2 Å². The molecule has 0 aromatic carbocycles. The summed E-state index contributed by atoms with van der Waals surface area (Å²) in [4.78, 5) is 17.9. The van der Waals surface area contributed by atoms with Gasteiger partial charge in [-0.25, -0.2) is 4.98 Å². The van der Waals surface area contributed by atoms with Gasteiger partial charge in [-0.3, -0.25) is 4.98 Å². The zero-order chi connectivity index (χ0) is 30.0. The molecule has 0 amide bonds. The second kappa shape index (κ2) is 10.5. The summed E-state index contributed by atoms with van der Waals surface area (Å²) in [6.45, 7) is 15.2. The molecular weight excluding hydrogens is 520 g/mol. The predicted octanol–water partition coefficient (Wildman–Crippen LogP) is 7.73. The van der Waals surface area contributed by atoms with Crippen LogP contribution in [0, 0.1) is 0 Å². The fraction of sp³-hybridized carbons (Fsp3) is 0.500. The SMILES string of the molecule is CCC1=C(CC)c2nc1cc1[nH]c(cc3[nH]c(cc4nc5c2CC[C@@]5(O)[C@@]4(O)CC)c(CC)c3CC)c(CC)c1CC. The van der Waals surface area contributed by atoms with Crippen molar-refractivity contribution in [1.29, 1.82) is 0 Å². The van der Waals surface area contributed by atoms with Gasteiger partial charge in [0.25, 0.3) is 0 Å². The molecule has 8 bridgehead atoms. The Bertz CT molecular complexity index is 1770. The number of aliphatic hydroxyl groups is 2. The predicted molar refractivity (Wildman–Crippen MR) is 172 cm³/mol. The van der Waals surface area contributed by atoms with E-state index < -0.39 is 11.2 Å². The first-order chi connectivity index (χ1) is 20.2. The molecule has 0 saturated carbocycles. The molecule has 3 aromatic rings. The highest BCUT2D eigenvalue weighted by atomic mass is 16.4. The van der Waals surface area contributed by atoms with Crippen molar-refractivity contribution in [3.8, 4) is 0 Å². The molecule has 0 unspecified atom stereocenters. The maximum atomic E-state index is 12.2. The van der Waals surface area contributed by atoms with Gasteiger partial charge in [-0.15, -0.1) is 0 Å². The number of H-pyrrole nitrogens is 2. The zero-order valence-corrected chi connectivity index (χ0v) is 26.4. The summed E-state index contributed by atoms with van der Waals surface area (Å²) < 4.78 is 0. The first-order valence-electron chi connectivity index (χ1n) is 16.2. The first-order valence-corrected chi connectivity index (χ1v) is 16.2. The Morgan fingerprint density at radius 1 is 0.667 bits per heavy atom. The third-order valence-corrected chi connectivity index (χ3v) is 10.3. The third-order valence-electron chi connectivity index (χ3n) is 10.3. The fourth-order valence-corrected chi connectivity index (χ4v) is 8.10. The Morgan fingerprint density at radius 2 is 1.19 bits per heavy atom. The van der Waals surface area contributed by atoms with Crippen LogP contribution in [-0.4, -0.2) is 30.1 Å². The van der Waals surface area contributed by atoms with Crippen LogP contribution >= 0.6 is 0 Å². The number of aromatic nitrogens is 4. The molecule has 3 aliphatic rings. The number of aryl methyl sites for hydroxylation is 4. The fourth-order valence-electron chi connectivity index (χ4n) is 8.10. The van der Waals surface area contributed by atoms with E-state index in [1.54, 1.807) is 0 Å². The number of rotatable bonds is 7. The van der Waals surface area contributed by atoms with Gasteiger partial charge in [-0.05, 0) is 109 Å². The molecule has 5 heterocycles.